The summed E-state index contributed by atoms with van der Waals surface area (Å²) < 4.78 is 8.77. The predicted octanol–water partition coefficient (Wildman–Crippen LogP) is 10.6. The first-order valence-electron chi connectivity index (χ1n) is 21.1. The minimum atomic E-state index is 0.453. The Kier molecular flexibility index (Phi) is 15.9. The van der Waals surface area contributed by atoms with Crippen molar-refractivity contribution >= 4 is 104 Å². The van der Waals surface area contributed by atoms with Crippen LogP contribution in [0.15, 0.2) is 139 Å². The number of hydrogen-bond donors (Lipinski definition) is 0. The van der Waals surface area contributed by atoms with Gasteiger partial charge in [0.05, 0.1) is 0 Å². The van der Waals surface area contributed by atoms with E-state index in [2.05, 4.69) is 81.6 Å². The van der Waals surface area contributed by atoms with Gasteiger partial charge in [0.15, 0.2) is 0 Å². The Morgan fingerprint density at radius 2 is 1.65 bits per heavy atom. The molecule has 6 aromatic rings. The van der Waals surface area contributed by atoms with E-state index in [1.165, 1.54) is 0 Å². The van der Waals surface area contributed by atoms with E-state index in [9.17, 15) is 0 Å². The number of oxazole rings is 1. The molecule has 0 atom stereocenters. The second-order valence-electron chi connectivity index (χ2n) is 14.3. The van der Waals surface area contributed by atoms with Crippen molar-refractivity contribution in [3.63, 3.8) is 0 Å². The summed E-state index contributed by atoms with van der Waals surface area (Å²) in [5, 5.41) is 0.878. The Hall–Kier alpha value is -6.77. The summed E-state index contributed by atoms with van der Waals surface area (Å²) in [4.78, 5) is 25.8. The van der Waals surface area contributed by atoms with Gasteiger partial charge < -0.3 is 0 Å². The molecule has 4 aromatic heterocycles. The van der Waals surface area contributed by atoms with Crippen LogP contribution in [-0.4, -0.2) is 69.8 Å². The van der Waals surface area contributed by atoms with Crippen LogP contribution in [0.4, 0.5) is 0 Å². The van der Waals surface area contributed by atoms with Crippen LogP contribution in [0.3, 0.4) is 0 Å². The van der Waals surface area contributed by atoms with Gasteiger partial charge in [0.1, 0.15) is 0 Å². The molecule has 0 saturated heterocycles. The van der Waals surface area contributed by atoms with E-state index < -0.39 is 0 Å². The van der Waals surface area contributed by atoms with Crippen LogP contribution in [0.1, 0.15) is 53.0 Å². The molecule has 0 spiro atoms. The second-order valence-corrected chi connectivity index (χ2v) is 15.3. The summed E-state index contributed by atoms with van der Waals surface area (Å²) in [6, 6.07) is 15.8. The fourth-order valence-electron chi connectivity index (χ4n) is 7.08. The summed E-state index contributed by atoms with van der Waals surface area (Å²) in [5.74, 6) is 8.36. The third-order valence-corrected chi connectivity index (χ3v) is 11.2. The van der Waals surface area contributed by atoms with Gasteiger partial charge in [-0.05, 0) is 0 Å². The summed E-state index contributed by atoms with van der Waals surface area (Å²) in [7, 11) is 1.65. The number of rotatable bonds is 18. The fraction of sp³-hybridized carbons (Fsp3) is 0.118. The Morgan fingerprint density at radius 3 is 2.30 bits per heavy atom. The molecule has 0 aliphatic carbocycles. The van der Waals surface area contributed by atoms with Gasteiger partial charge in [0.25, 0.3) is 0 Å². The van der Waals surface area contributed by atoms with Gasteiger partial charge in [-0.15, -0.1) is 0 Å². The van der Waals surface area contributed by atoms with Gasteiger partial charge in [-0.25, -0.2) is 0 Å². The third-order valence-electron chi connectivity index (χ3n) is 10.2. The van der Waals surface area contributed by atoms with Crippen molar-refractivity contribution in [2.24, 2.45) is 0 Å². The summed E-state index contributed by atoms with van der Waals surface area (Å²) >= 11 is 1.64. The fourth-order valence-corrected chi connectivity index (χ4v) is 8.16. The standard InChI is InChI=1S/C51H50B4N6OS/c1-11-20-38(29-33(6)35(13-3)30-40-39(14-4)43(26-28-53-8)61(46(40)55-10)51-57-41(15-5)45(63-51)32-54-9)50-56-42-25-24-37(31-44(42)62-50)49-59-47(34(12-2)23-19-27-52-7)58-48(60-49)36-21-17-16-18-22-36/h11-32,53,55H,1,3-5H2,2,6-10H3/b23-19-,28-26-,33-29+,34-12+,35-30+,38-20+. The van der Waals surface area contributed by atoms with Crippen LogP contribution < -0.4 is 5.59 Å². The van der Waals surface area contributed by atoms with Gasteiger partial charge in [-0.3, -0.25) is 0 Å². The second kappa shape index (κ2) is 21.8. The molecule has 0 amide bonds. The van der Waals surface area contributed by atoms with Crippen molar-refractivity contribution in [1.82, 2.24) is 29.5 Å². The van der Waals surface area contributed by atoms with Gasteiger partial charge in [0.2, 0.25) is 0 Å². The van der Waals surface area contributed by atoms with Crippen LogP contribution in [-0.2, 0) is 0 Å². The molecule has 0 saturated carbocycles. The van der Waals surface area contributed by atoms with Crippen LogP contribution in [0.2, 0.25) is 27.3 Å². The number of benzene rings is 2. The molecular formula is C51H50B4N6OS. The third kappa shape index (κ3) is 10.3. The molecule has 308 valence electrons. The van der Waals surface area contributed by atoms with Crippen molar-refractivity contribution in [2.45, 2.75) is 41.1 Å². The first-order chi connectivity index (χ1) is 30.7. The van der Waals surface area contributed by atoms with Crippen LogP contribution in [0.25, 0.3) is 74.5 Å². The Morgan fingerprint density at radius 1 is 0.873 bits per heavy atom. The molecular weight excluding hydrogens is 788 g/mol. The Labute approximate surface area is 378 Å². The van der Waals surface area contributed by atoms with Gasteiger partial charge in [-0.1, -0.05) is 18.7 Å². The first-order valence-corrected chi connectivity index (χ1v) is 21.9. The zero-order valence-electron chi connectivity index (χ0n) is 37.1. The maximum absolute atomic E-state index is 6.51. The zero-order chi connectivity index (χ0) is 44.9. The molecule has 0 fully saturated rings. The van der Waals surface area contributed by atoms with Crippen LogP contribution >= 0.6 is 11.3 Å². The molecule has 0 aliphatic heterocycles. The number of nitrogens with zero attached hydrogens (tertiary/aromatic N) is 6. The average Bonchev–Trinajstić information content (AvgIpc) is 4.01. The molecule has 0 radical (unpaired) electrons. The van der Waals surface area contributed by atoms with Crippen molar-refractivity contribution < 1.29 is 4.42 Å². The molecule has 4 heterocycles. The number of thiazole rings is 1. The number of hydrogen-bond acceptors (Lipinski definition) is 7. The number of aromatic nitrogens is 6. The molecule has 63 heavy (non-hydrogen) atoms. The van der Waals surface area contributed by atoms with E-state index in [-0.39, 0.29) is 0 Å². The average molecular weight is 838 g/mol. The SMILES string of the molecule is C=C\C=C(/C=C(C)/C(C=C)=C/c1c(C=C)c(/C=C\BC)n(-c2nc(C=C)c(/C=B\C)s2)c1BC)c1nc2ccc(-c3nc(C(/C=C\C=B/C)=C/C)nc(-c4ccccc4)n3)cc2o1. The van der Waals surface area contributed by atoms with E-state index in [4.69, 9.17) is 29.3 Å². The predicted molar refractivity (Wildman–Crippen MR) is 282 cm³/mol. The van der Waals surface area contributed by atoms with Gasteiger partial charge in [-0.2, -0.15) is 0 Å². The topological polar surface area (TPSA) is 82.5 Å². The summed E-state index contributed by atoms with van der Waals surface area (Å²) in [6.45, 7) is 32.9. The molecule has 0 bridgehead atoms. The molecule has 6 rings (SSSR count). The van der Waals surface area contributed by atoms with Gasteiger partial charge >= 0.3 is 362 Å². The van der Waals surface area contributed by atoms with Crippen molar-refractivity contribution in [2.75, 3.05) is 0 Å². The number of allylic oxidation sites excluding steroid dienone is 11. The molecule has 7 nitrogen and oxygen atoms in total. The molecule has 0 N–H and O–H groups in total. The summed E-state index contributed by atoms with van der Waals surface area (Å²) in [6.07, 6.45) is 21.7. The van der Waals surface area contributed by atoms with E-state index in [0.29, 0.717) is 34.5 Å². The molecule has 0 unspecified atom stereocenters. The summed E-state index contributed by atoms with van der Waals surface area (Å²) in [5.41, 5.74) is 11.6. The molecule has 2 aromatic carbocycles. The van der Waals surface area contributed by atoms with Crippen molar-refractivity contribution in [3.05, 3.63) is 174 Å². The Bertz CT molecular complexity index is 2940. The van der Waals surface area contributed by atoms with Crippen molar-refractivity contribution in [3.8, 4) is 27.9 Å². The molecule has 0 aliphatic rings. The van der Waals surface area contributed by atoms with Crippen LogP contribution in [0.5, 0.6) is 0 Å². The van der Waals surface area contributed by atoms with E-state index in [0.717, 1.165) is 86.1 Å². The van der Waals surface area contributed by atoms with E-state index in [1.807, 2.05) is 131 Å². The maximum atomic E-state index is 6.51. The van der Waals surface area contributed by atoms with Gasteiger partial charge in [0, 0.05) is 0 Å². The number of fused-ring (bicyclic) bond motifs is 1. The van der Waals surface area contributed by atoms with Crippen LogP contribution in [0, 0.1) is 0 Å². The normalized spacial score (nSPS) is 12.7. The van der Waals surface area contributed by atoms with E-state index >= 15 is 0 Å². The van der Waals surface area contributed by atoms with Crippen molar-refractivity contribution in [1.29, 1.82) is 0 Å². The quantitative estimate of drug-likeness (QED) is 0.0633. The first kappa shape index (κ1) is 45.7. The molecule has 12 heteroatoms. The minimum absolute atomic E-state index is 0.453. The van der Waals surface area contributed by atoms with E-state index in [1.54, 1.807) is 17.4 Å². The zero-order valence-corrected chi connectivity index (χ0v) is 37.9. The Balaban J connectivity index is 1.43. The monoisotopic (exact) mass is 838 g/mol.